The molecule has 0 aliphatic heterocycles. The highest BCUT2D eigenvalue weighted by atomic mass is 79.9. The zero-order valence-electron chi connectivity index (χ0n) is 15.9. The Balaban J connectivity index is 0.00000225. The number of quaternary nitrogens is 1. The van der Waals surface area contributed by atoms with Gasteiger partial charge in [-0.25, -0.2) is 0 Å². The van der Waals surface area contributed by atoms with Crippen molar-refractivity contribution in [3.05, 3.63) is 53.1 Å². The van der Waals surface area contributed by atoms with Gasteiger partial charge in [0.1, 0.15) is 12.3 Å². The van der Waals surface area contributed by atoms with Gasteiger partial charge < -0.3 is 26.2 Å². The van der Waals surface area contributed by atoms with Crippen LogP contribution in [0.2, 0.25) is 0 Å². The molecule has 0 aromatic heterocycles. The van der Waals surface area contributed by atoms with Crippen molar-refractivity contribution in [3.8, 4) is 16.9 Å². The molecule has 0 saturated carbocycles. The number of aryl methyl sites for hydroxylation is 2. The average molecular weight is 404 g/mol. The number of benzene rings is 2. The molecule has 0 atom stereocenters. The van der Waals surface area contributed by atoms with Crippen molar-refractivity contribution in [1.29, 1.82) is 0 Å². The van der Waals surface area contributed by atoms with Crippen LogP contribution in [0.3, 0.4) is 0 Å². The van der Waals surface area contributed by atoms with Gasteiger partial charge in [-0.3, -0.25) is 0 Å². The van der Waals surface area contributed by atoms with E-state index in [0.29, 0.717) is 0 Å². The lowest BCUT2D eigenvalue weighted by atomic mass is 9.84. The lowest BCUT2D eigenvalue weighted by Crippen LogP contribution is -3.00. The summed E-state index contributed by atoms with van der Waals surface area (Å²) in [6.45, 7) is 11.4. The molecule has 0 N–H and O–H groups in total. The van der Waals surface area contributed by atoms with Crippen molar-refractivity contribution in [2.75, 3.05) is 26.7 Å². The summed E-state index contributed by atoms with van der Waals surface area (Å²) in [6, 6.07) is 13.5. The Morgan fingerprint density at radius 1 is 0.880 bits per heavy atom. The van der Waals surface area contributed by atoms with Crippen LogP contribution in [0.25, 0.3) is 11.1 Å². The van der Waals surface area contributed by atoms with Gasteiger partial charge in [0.15, 0.2) is 0 Å². The molecule has 0 amide bonds. The van der Waals surface area contributed by atoms with Crippen molar-refractivity contribution >= 4 is 0 Å². The van der Waals surface area contributed by atoms with Gasteiger partial charge in [-0.1, -0.05) is 24.3 Å². The summed E-state index contributed by atoms with van der Waals surface area (Å²) in [5, 5.41) is 0. The fourth-order valence-corrected chi connectivity index (χ4v) is 4.08. The number of rotatable bonds is 6. The Morgan fingerprint density at radius 2 is 1.52 bits per heavy atom. The maximum atomic E-state index is 5.77. The van der Waals surface area contributed by atoms with Crippen LogP contribution in [-0.2, 0) is 19.4 Å². The standard InChI is InChI=1S/C22H30NO.BrH/c1-5-23(6-2,7-3)16-19-14-21-18(15-22(19)24-4)13-12-17-10-8-9-11-20(17)21;/h8-11,14-15H,5-7,12-13,16H2,1-4H3;1H/q+1;/p-1. The van der Waals surface area contributed by atoms with E-state index in [-0.39, 0.29) is 17.0 Å². The molecule has 2 aromatic carbocycles. The summed E-state index contributed by atoms with van der Waals surface area (Å²) in [6.07, 6.45) is 2.24. The number of methoxy groups -OCH3 is 1. The second-order valence-corrected chi connectivity index (χ2v) is 6.93. The van der Waals surface area contributed by atoms with E-state index in [9.17, 15) is 0 Å². The highest BCUT2D eigenvalue weighted by Gasteiger charge is 2.25. The van der Waals surface area contributed by atoms with Gasteiger partial charge in [-0.2, -0.15) is 0 Å². The molecule has 0 heterocycles. The first-order valence-corrected chi connectivity index (χ1v) is 9.29. The van der Waals surface area contributed by atoms with Crippen LogP contribution in [0.1, 0.15) is 37.5 Å². The molecule has 3 rings (SSSR count). The molecular weight excluding hydrogens is 374 g/mol. The Hall–Kier alpha value is -1.32. The largest absolute Gasteiger partial charge is 1.00 e. The minimum atomic E-state index is 0. The van der Waals surface area contributed by atoms with Gasteiger partial charge in [0.25, 0.3) is 0 Å². The Labute approximate surface area is 163 Å². The molecule has 0 bridgehead atoms. The predicted molar refractivity (Wildman–Crippen MR) is 101 cm³/mol. The molecule has 0 fully saturated rings. The van der Waals surface area contributed by atoms with Gasteiger partial charge in [-0.05, 0) is 68.0 Å². The van der Waals surface area contributed by atoms with Crippen molar-refractivity contribution in [2.45, 2.75) is 40.2 Å². The smallest absolute Gasteiger partial charge is 0.128 e. The Morgan fingerprint density at radius 3 is 2.16 bits per heavy atom. The van der Waals surface area contributed by atoms with Crippen molar-refractivity contribution in [3.63, 3.8) is 0 Å². The molecular formula is C22H30BrNO. The lowest BCUT2D eigenvalue weighted by Gasteiger charge is -2.36. The Bertz CT molecular complexity index is 714. The molecule has 1 aliphatic carbocycles. The van der Waals surface area contributed by atoms with Crippen LogP contribution < -0.4 is 21.7 Å². The summed E-state index contributed by atoms with van der Waals surface area (Å²) in [5.41, 5.74) is 7.07. The number of nitrogens with zero attached hydrogens (tertiary/aromatic N) is 1. The van der Waals surface area contributed by atoms with E-state index in [4.69, 9.17) is 4.74 Å². The van der Waals surface area contributed by atoms with E-state index in [1.54, 1.807) is 7.11 Å². The van der Waals surface area contributed by atoms with Gasteiger partial charge in [-0.15, -0.1) is 0 Å². The van der Waals surface area contributed by atoms with Crippen LogP contribution in [0, 0.1) is 0 Å². The van der Waals surface area contributed by atoms with Crippen molar-refractivity contribution in [2.24, 2.45) is 0 Å². The van der Waals surface area contributed by atoms with E-state index in [2.05, 4.69) is 57.2 Å². The molecule has 2 nitrogen and oxygen atoms in total. The first-order chi connectivity index (χ1) is 11.7. The van der Waals surface area contributed by atoms with E-state index in [1.165, 1.54) is 27.8 Å². The molecule has 0 unspecified atom stereocenters. The minimum Gasteiger partial charge on any atom is -1.00 e. The maximum absolute atomic E-state index is 5.77. The molecule has 0 radical (unpaired) electrons. The number of hydrogen-bond acceptors (Lipinski definition) is 1. The maximum Gasteiger partial charge on any atom is 0.128 e. The average Bonchev–Trinajstić information content (AvgIpc) is 2.65. The predicted octanol–water partition coefficient (Wildman–Crippen LogP) is 1.84. The third-order valence-corrected chi connectivity index (χ3v) is 6.00. The van der Waals surface area contributed by atoms with E-state index >= 15 is 0 Å². The number of ether oxygens (including phenoxy) is 1. The van der Waals surface area contributed by atoms with Gasteiger partial charge in [0.2, 0.25) is 0 Å². The summed E-state index contributed by atoms with van der Waals surface area (Å²) >= 11 is 0. The quantitative estimate of drug-likeness (QED) is 0.668. The molecule has 2 aromatic rings. The number of hydrogen-bond donors (Lipinski definition) is 0. The first-order valence-electron chi connectivity index (χ1n) is 9.29. The highest BCUT2D eigenvalue weighted by Crippen LogP contribution is 2.38. The molecule has 136 valence electrons. The molecule has 3 heteroatoms. The zero-order chi connectivity index (χ0) is 17.2. The molecule has 0 spiro atoms. The Kier molecular flexibility index (Phi) is 6.70. The second-order valence-electron chi connectivity index (χ2n) is 6.93. The normalized spacial score (nSPS) is 12.8. The van der Waals surface area contributed by atoms with Gasteiger partial charge >= 0.3 is 0 Å². The second kappa shape index (κ2) is 8.37. The molecule has 0 saturated heterocycles. The van der Waals surface area contributed by atoms with Crippen LogP contribution in [0.4, 0.5) is 0 Å². The van der Waals surface area contributed by atoms with Crippen molar-refractivity contribution < 1.29 is 26.2 Å². The zero-order valence-corrected chi connectivity index (χ0v) is 17.5. The number of fused-ring (bicyclic) bond motifs is 3. The summed E-state index contributed by atoms with van der Waals surface area (Å²) in [5.74, 6) is 1.06. The summed E-state index contributed by atoms with van der Waals surface area (Å²) < 4.78 is 6.88. The van der Waals surface area contributed by atoms with Crippen LogP contribution in [-0.4, -0.2) is 31.2 Å². The fraction of sp³-hybridized carbons (Fsp3) is 0.455. The van der Waals surface area contributed by atoms with Crippen LogP contribution in [0.15, 0.2) is 36.4 Å². The van der Waals surface area contributed by atoms with E-state index < -0.39 is 0 Å². The fourth-order valence-electron chi connectivity index (χ4n) is 4.08. The van der Waals surface area contributed by atoms with Gasteiger partial charge in [0.05, 0.1) is 26.7 Å². The van der Waals surface area contributed by atoms with Gasteiger partial charge in [0, 0.05) is 5.56 Å². The monoisotopic (exact) mass is 403 g/mol. The lowest BCUT2D eigenvalue weighted by molar-refractivity contribution is -0.936. The van der Waals surface area contributed by atoms with Crippen LogP contribution in [0.5, 0.6) is 5.75 Å². The highest BCUT2D eigenvalue weighted by molar-refractivity contribution is 5.74. The third kappa shape index (κ3) is 3.78. The SMILES string of the molecule is CC[N+](CC)(CC)Cc1cc2c(cc1OC)CCc1ccccc1-2.[Br-]. The first kappa shape index (κ1) is 20.0. The van der Waals surface area contributed by atoms with Crippen LogP contribution >= 0.6 is 0 Å². The van der Waals surface area contributed by atoms with Crippen molar-refractivity contribution in [1.82, 2.24) is 0 Å². The topological polar surface area (TPSA) is 9.23 Å². The summed E-state index contributed by atoms with van der Waals surface area (Å²) in [4.78, 5) is 0. The third-order valence-electron chi connectivity index (χ3n) is 6.00. The molecule has 25 heavy (non-hydrogen) atoms. The van der Waals surface area contributed by atoms with E-state index in [0.717, 1.165) is 49.3 Å². The molecule has 1 aliphatic rings. The number of halogens is 1. The van der Waals surface area contributed by atoms with E-state index in [1.807, 2.05) is 0 Å². The summed E-state index contributed by atoms with van der Waals surface area (Å²) in [7, 11) is 1.81. The minimum absolute atomic E-state index is 0.